The number of nitrogens with one attached hydrogen (secondary N) is 1. The Morgan fingerprint density at radius 1 is 1.71 bits per heavy atom. The fourth-order valence-corrected chi connectivity index (χ4v) is 1.73. The van der Waals surface area contributed by atoms with E-state index in [1.807, 2.05) is 6.92 Å². The smallest absolute Gasteiger partial charge is 0.256 e. The van der Waals surface area contributed by atoms with Crippen LogP contribution in [0.4, 0.5) is 0 Å². The zero-order chi connectivity index (χ0) is 10.7. The van der Waals surface area contributed by atoms with Crippen LogP contribution in [-0.4, -0.2) is 29.3 Å². The van der Waals surface area contributed by atoms with Gasteiger partial charge < -0.3 is 4.90 Å². The minimum absolute atomic E-state index is 0.0248. The van der Waals surface area contributed by atoms with Gasteiger partial charge in [-0.3, -0.25) is 15.0 Å². The molecule has 1 saturated heterocycles. The Bertz CT molecular complexity index is 242. The van der Waals surface area contributed by atoms with Crippen molar-refractivity contribution in [2.75, 3.05) is 6.54 Å². The summed E-state index contributed by atoms with van der Waals surface area (Å²) in [4.78, 5) is 24.5. The van der Waals surface area contributed by atoms with Crippen molar-refractivity contribution in [2.45, 2.75) is 32.7 Å². The van der Waals surface area contributed by atoms with Crippen molar-refractivity contribution in [1.82, 2.24) is 10.3 Å². The lowest BCUT2D eigenvalue weighted by Crippen LogP contribution is -2.53. The highest BCUT2D eigenvalue weighted by Gasteiger charge is 2.31. The summed E-state index contributed by atoms with van der Waals surface area (Å²) in [6, 6.07) is -0.463. The second-order valence-electron chi connectivity index (χ2n) is 3.76. The molecule has 0 aromatic carbocycles. The van der Waals surface area contributed by atoms with Gasteiger partial charge in [0.2, 0.25) is 5.91 Å². The molecule has 2 amide bonds. The number of likely N-dealkylation sites (tertiary alicyclic amines) is 1. The Kier molecular flexibility index (Phi) is 3.46. The lowest BCUT2D eigenvalue weighted by Gasteiger charge is -2.34. The topological polar surface area (TPSA) is 75.4 Å². The number of hydrazine groups is 1. The molecule has 5 heteroatoms. The first-order chi connectivity index (χ1) is 6.57. The number of rotatable bonds is 2. The van der Waals surface area contributed by atoms with Crippen LogP contribution in [0.1, 0.15) is 26.7 Å². The number of piperidine rings is 1. The average Bonchev–Trinajstić information content (AvgIpc) is 2.20. The van der Waals surface area contributed by atoms with E-state index in [9.17, 15) is 9.59 Å². The van der Waals surface area contributed by atoms with Gasteiger partial charge in [-0.25, -0.2) is 5.84 Å². The predicted molar refractivity (Wildman–Crippen MR) is 51.9 cm³/mol. The predicted octanol–water partition coefficient (Wildman–Crippen LogP) is -0.377. The SMILES string of the molecule is CC1CCCN(C(C)C(=O)NN)C1=O. The third-order valence-electron chi connectivity index (χ3n) is 2.73. The maximum atomic E-state index is 11.7. The number of nitrogens with zero attached hydrogens (tertiary/aromatic N) is 1. The maximum Gasteiger partial charge on any atom is 0.256 e. The fourth-order valence-electron chi connectivity index (χ4n) is 1.73. The van der Waals surface area contributed by atoms with E-state index >= 15 is 0 Å². The van der Waals surface area contributed by atoms with Gasteiger partial charge in [0, 0.05) is 12.5 Å². The lowest BCUT2D eigenvalue weighted by molar-refractivity contribution is -0.145. The molecule has 2 unspecified atom stereocenters. The molecule has 0 saturated carbocycles. The highest BCUT2D eigenvalue weighted by molar-refractivity contribution is 5.88. The average molecular weight is 199 g/mol. The minimum atomic E-state index is -0.463. The quantitative estimate of drug-likeness (QED) is 0.362. The van der Waals surface area contributed by atoms with E-state index in [0.717, 1.165) is 12.8 Å². The molecular weight excluding hydrogens is 182 g/mol. The van der Waals surface area contributed by atoms with E-state index in [-0.39, 0.29) is 17.7 Å². The van der Waals surface area contributed by atoms with Gasteiger partial charge in [-0.1, -0.05) is 6.92 Å². The number of nitrogens with two attached hydrogens (primary N) is 1. The van der Waals surface area contributed by atoms with Crippen LogP contribution in [0.2, 0.25) is 0 Å². The second-order valence-corrected chi connectivity index (χ2v) is 3.76. The minimum Gasteiger partial charge on any atom is -0.331 e. The Labute approximate surface area is 83.6 Å². The van der Waals surface area contributed by atoms with Crippen LogP contribution in [0.15, 0.2) is 0 Å². The molecule has 1 aliphatic rings. The molecule has 0 aliphatic carbocycles. The van der Waals surface area contributed by atoms with Crippen LogP contribution in [-0.2, 0) is 9.59 Å². The molecule has 14 heavy (non-hydrogen) atoms. The first kappa shape index (κ1) is 11.0. The molecule has 0 bridgehead atoms. The molecule has 0 spiro atoms. The summed E-state index contributed by atoms with van der Waals surface area (Å²) in [5.41, 5.74) is 2.06. The summed E-state index contributed by atoms with van der Waals surface area (Å²) in [6.07, 6.45) is 1.86. The molecule has 0 aromatic rings. The highest BCUT2D eigenvalue weighted by atomic mass is 16.2. The normalized spacial score (nSPS) is 24.6. The molecule has 0 radical (unpaired) electrons. The summed E-state index contributed by atoms with van der Waals surface area (Å²) >= 11 is 0. The summed E-state index contributed by atoms with van der Waals surface area (Å²) in [5.74, 6) is 4.78. The Balaban J connectivity index is 2.66. The van der Waals surface area contributed by atoms with Crippen LogP contribution >= 0.6 is 0 Å². The van der Waals surface area contributed by atoms with Crippen molar-refractivity contribution in [2.24, 2.45) is 11.8 Å². The highest BCUT2D eigenvalue weighted by Crippen LogP contribution is 2.19. The number of hydrogen-bond donors (Lipinski definition) is 2. The number of amides is 2. The summed E-state index contributed by atoms with van der Waals surface area (Å²) < 4.78 is 0. The van der Waals surface area contributed by atoms with Crippen molar-refractivity contribution in [3.8, 4) is 0 Å². The first-order valence-corrected chi connectivity index (χ1v) is 4.89. The number of hydrogen-bond acceptors (Lipinski definition) is 3. The van der Waals surface area contributed by atoms with Gasteiger partial charge in [0.15, 0.2) is 0 Å². The van der Waals surface area contributed by atoms with Crippen LogP contribution in [0.5, 0.6) is 0 Å². The van der Waals surface area contributed by atoms with E-state index in [1.165, 1.54) is 0 Å². The third-order valence-corrected chi connectivity index (χ3v) is 2.73. The molecule has 1 rings (SSSR count). The molecule has 1 aliphatic heterocycles. The van der Waals surface area contributed by atoms with E-state index in [0.29, 0.717) is 6.54 Å². The van der Waals surface area contributed by atoms with Gasteiger partial charge >= 0.3 is 0 Å². The largest absolute Gasteiger partial charge is 0.331 e. The lowest BCUT2D eigenvalue weighted by atomic mass is 9.98. The van der Waals surface area contributed by atoms with Gasteiger partial charge in [0.05, 0.1) is 0 Å². The van der Waals surface area contributed by atoms with Crippen molar-refractivity contribution in [3.63, 3.8) is 0 Å². The zero-order valence-corrected chi connectivity index (χ0v) is 8.62. The summed E-state index contributed by atoms with van der Waals surface area (Å²) in [7, 11) is 0. The fraction of sp³-hybridized carbons (Fsp3) is 0.778. The standard InChI is InChI=1S/C9H17N3O2/c1-6-4-3-5-12(9(6)14)7(2)8(13)11-10/h6-7H,3-5,10H2,1-2H3,(H,11,13). The monoisotopic (exact) mass is 199 g/mol. The first-order valence-electron chi connectivity index (χ1n) is 4.89. The van der Waals surface area contributed by atoms with Crippen molar-refractivity contribution >= 4 is 11.8 Å². The van der Waals surface area contributed by atoms with Crippen molar-refractivity contribution < 1.29 is 9.59 Å². The van der Waals surface area contributed by atoms with Crippen molar-refractivity contribution in [1.29, 1.82) is 0 Å². The molecule has 0 aromatic heterocycles. The summed E-state index contributed by atoms with van der Waals surface area (Å²) in [5, 5.41) is 0. The Morgan fingerprint density at radius 2 is 2.36 bits per heavy atom. The molecule has 80 valence electrons. The molecular formula is C9H17N3O2. The van der Waals surface area contributed by atoms with Gasteiger partial charge in [-0.2, -0.15) is 0 Å². The molecule has 1 fully saturated rings. The van der Waals surface area contributed by atoms with E-state index in [2.05, 4.69) is 5.43 Å². The van der Waals surface area contributed by atoms with Gasteiger partial charge in [-0.15, -0.1) is 0 Å². The molecule has 1 heterocycles. The number of carbonyl (C=O) groups excluding carboxylic acids is 2. The van der Waals surface area contributed by atoms with Crippen LogP contribution in [0, 0.1) is 5.92 Å². The van der Waals surface area contributed by atoms with E-state index in [1.54, 1.807) is 11.8 Å². The van der Waals surface area contributed by atoms with Crippen LogP contribution < -0.4 is 11.3 Å². The Morgan fingerprint density at radius 3 is 2.93 bits per heavy atom. The maximum absolute atomic E-state index is 11.7. The third kappa shape index (κ3) is 2.04. The van der Waals surface area contributed by atoms with Gasteiger partial charge in [0.1, 0.15) is 6.04 Å². The molecule has 2 atom stereocenters. The zero-order valence-electron chi connectivity index (χ0n) is 8.62. The summed E-state index contributed by atoms with van der Waals surface area (Å²) in [6.45, 7) is 4.23. The van der Waals surface area contributed by atoms with Crippen LogP contribution in [0.3, 0.4) is 0 Å². The second kappa shape index (κ2) is 4.41. The molecule has 3 N–H and O–H groups in total. The van der Waals surface area contributed by atoms with E-state index < -0.39 is 6.04 Å². The van der Waals surface area contributed by atoms with E-state index in [4.69, 9.17) is 5.84 Å². The van der Waals surface area contributed by atoms with Crippen molar-refractivity contribution in [3.05, 3.63) is 0 Å². The van der Waals surface area contributed by atoms with Crippen LogP contribution in [0.25, 0.3) is 0 Å². The van der Waals surface area contributed by atoms with Gasteiger partial charge in [-0.05, 0) is 19.8 Å². The molecule has 5 nitrogen and oxygen atoms in total. The Hall–Kier alpha value is -1.10. The number of carbonyl (C=O) groups is 2. The van der Waals surface area contributed by atoms with Gasteiger partial charge in [0.25, 0.3) is 5.91 Å².